The minimum Gasteiger partial charge on any atom is -0.396 e. The Labute approximate surface area is 114 Å². The van der Waals surface area contributed by atoms with Crippen LogP contribution < -0.4 is 10.6 Å². The van der Waals surface area contributed by atoms with E-state index in [1.807, 2.05) is 26.8 Å². The van der Waals surface area contributed by atoms with Gasteiger partial charge in [0, 0.05) is 32.4 Å². The molecule has 0 aliphatic carbocycles. The van der Waals surface area contributed by atoms with Crippen molar-refractivity contribution in [2.24, 2.45) is 5.92 Å². The third-order valence-corrected chi connectivity index (χ3v) is 2.51. The first-order valence-electron chi connectivity index (χ1n) is 6.73. The quantitative estimate of drug-likeness (QED) is 0.629. The van der Waals surface area contributed by atoms with Crippen LogP contribution >= 0.6 is 0 Å². The lowest BCUT2D eigenvalue weighted by Gasteiger charge is -2.13. The molecule has 1 rings (SSSR count). The van der Waals surface area contributed by atoms with E-state index < -0.39 is 0 Å². The van der Waals surface area contributed by atoms with Crippen LogP contribution in [0.15, 0.2) is 6.07 Å². The second kappa shape index (κ2) is 8.66. The molecule has 0 aromatic carbocycles. The van der Waals surface area contributed by atoms with Crippen molar-refractivity contribution in [3.8, 4) is 0 Å². The SMILES string of the molecule is CCNc1cc(NCC(C)CO)nc(COCC)n1. The Kier molecular flexibility index (Phi) is 7.14. The maximum absolute atomic E-state index is 9.02. The highest BCUT2D eigenvalue weighted by Crippen LogP contribution is 2.12. The summed E-state index contributed by atoms with van der Waals surface area (Å²) in [6, 6.07) is 1.86. The van der Waals surface area contributed by atoms with E-state index in [9.17, 15) is 0 Å². The van der Waals surface area contributed by atoms with Crippen molar-refractivity contribution >= 4 is 11.6 Å². The molecule has 6 nitrogen and oxygen atoms in total. The molecule has 0 radical (unpaired) electrons. The predicted octanol–water partition coefficient (Wildman–Crippen LogP) is 1.49. The Hall–Kier alpha value is -1.40. The number of nitrogens with one attached hydrogen (secondary N) is 2. The maximum Gasteiger partial charge on any atom is 0.158 e. The van der Waals surface area contributed by atoms with Gasteiger partial charge < -0.3 is 20.5 Å². The summed E-state index contributed by atoms with van der Waals surface area (Å²) in [5, 5.41) is 15.4. The second-order valence-electron chi connectivity index (χ2n) is 4.39. The first kappa shape index (κ1) is 15.7. The van der Waals surface area contributed by atoms with Crippen LogP contribution in [-0.2, 0) is 11.3 Å². The fraction of sp³-hybridized carbons (Fsp3) is 0.692. The smallest absolute Gasteiger partial charge is 0.158 e. The molecule has 0 amide bonds. The molecule has 1 atom stereocenters. The number of aromatic nitrogens is 2. The molecule has 0 spiro atoms. The summed E-state index contributed by atoms with van der Waals surface area (Å²) in [6.45, 7) is 8.61. The van der Waals surface area contributed by atoms with Gasteiger partial charge in [-0.3, -0.25) is 0 Å². The minimum atomic E-state index is 0.157. The van der Waals surface area contributed by atoms with Crippen molar-refractivity contribution in [3.05, 3.63) is 11.9 Å². The highest BCUT2D eigenvalue weighted by molar-refractivity contribution is 5.47. The molecular weight excluding hydrogens is 244 g/mol. The molecule has 0 aliphatic rings. The molecule has 3 N–H and O–H groups in total. The molecule has 1 aromatic rings. The summed E-state index contributed by atoms with van der Waals surface area (Å²) >= 11 is 0. The second-order valence-corrected chi connectivity index (χ2v) is 4.39. The van der Waals surface area contributed by atoms with E-state index in [4.69, 9.17) is 9.84 Å². The van der Waals surface area contributed by atoms with Crippen LogP contribution in [-0.4, -0.2) is 41.4 Å². The zero-order chi connectivity index (χ0) is 14.1. The van der Waals surface area contributed by atoms with Crippen LogP contribution in [0.2, 0.25) is 0 Å². The van der Waals surface area contributed by atoms with E-state index in [0.29, 0.717) is 25.6 Å². The van der Waals surface area contributed by atoms with Gasteiger partial charge in [0.05, 0.1) is 0 Å². The van der Waals surface area contributed by atoms with Gasteiger partial charge in [-0.05, 0) is 19.8 Å². The zero-order valence-corrected chi connectivity index (χ0v) is 11.9. The lowest BCUT2D eigenvalue weighted by molar-refractivity contribution is 0.128. The van der Waals surface area contributed by atoms with Crippen molar-refractivity contribution in [1.82, 2.24) is 9.97 Å². The molecule has 19 heavy (non-hydrogen) atoms. The highest BCUT2D eigenvalue weighted by atomic mass is 16.5. The number of aliphatic hydroxyl groups is 1. The molecule has 0 fully saturated rings. The van der Waals surface area contributed by atoms with Crippen LogP contribution in [0.4, 0.5) is 11.6 Å². The Bertz CT molecular complexity index is 374. The summed E-state index contributed by atoms with van der Waals surface area (Å²) in [5.41, 5.74) is 0. The van der Waals surface area contributed by atoms with Crippen LogP contribution in [0.5, 0.6) is 0 Å². The first-order valence-corrected chi connectivity index (χ1v) is 6.73. The molecule has 1 heterocycles. The standard InChI is InChI=1S/C13H24N4O2/c1-4-14-11-6-12(15-7-10(3)8-18)17-13(16-11)9-19-5-2/h6,10,18H,4-5,7-9H2,1-3H3,(H2,14,15,16,17). The molecular formula is C13H24N4O2. The monoisotopic (exact) mass is 268 g/mol. The van der Waals surface area contributed by atoms with Gasteiger partial charge in [-0.15, -0.1) is 0 Å². The molecule has 108 valence electrons. The molecule has 1 unspecified atom stereocenters. The third kappa shape index (κ3) is 5.85. The molecule has 0 bridgehead atoms. The van der Waals surface area contributed by atoms with E-state index in [1.54, 1.807) is 0 Å². The summed E-state index contributed by atoms with van der Waals surface area (Å²) in [7, 11) is 0. The summed E-state index contributed by atoms with van der Waals surface area (Å²) in [6.07, 6.45) is 0. The average Bonchev–Trinajstić information content (AvgIpc) is 2.42. The van der Waals surface area contributed by atoms with E-state index in [-0.39, 0.29) is 12.5 Å². The lowest BCUT2D eigenvalue weighted by atomic mass is 10.2. The van der Waals surface area contributed by atoms with Crippen molar-refractivity contribution in [2.75, 3.05) is 36.9 Å². The van der Waals surface area contributed by atoms with Gasteiger partial charge in [-0.2, -0.15) is 0 Å². The maximum atomic E-state index is 9.02. The Morgan fingerprint density at radius 2 is 1.95 bits per heavy atom. The fourth-order valence-electron chi connectivity index (χ4n) is 1.46. The first-order chi connectivity index (χ1) is 9.19. The average molecular weight is 268 g/mol. The van der Waals surface area contributed by atoms with E-state index >= 15 is 0 Å². The molecule has 6 heteroatoms. The Balaban J connectivity index is 2.73. The summed E-state index contributed by atoms with van der Waals surface area (Å²) in [5.74, 6) is 2.37. The Morgan fingerprint density at radius 3 is 2.53 bits per heavy atom. The number of aliphatic hydroxyl groups excluding tert-OH is 1. The topological polar surface area (TPSA) is 79.3 Å². The van der Waals surface area contributed by atoms with E-state index in [2.05, 4.69) is 20.6 Å². The summed E-state index contributed by atoms with van der Waals surface area (Å²) < 4.78 is 5.33. The highest BCUT2D eigenvalue weighted by Gasteiger charge is 2.06. The van der Waals surface area contributed by atoms with Gasteiger partial charge in [-0.25, -0.2) is 9.97 Å². The Morgan fingerprint density at radius 1 is 1.26 bits per heavy atom. The van der Waals surface area contributed by atoms with Crippen LogP contribution in [0.25, 0.3) is 0 Å². The van der Waals surface area contributed by atoms with E-state index in [1.165, 1.54) is 0 Å². The summed E-state index contributed by atoms with van der Waals surface area (Å²) in [4.78, 5) is 8.76. The number of nitrogens with zero attached hydrogens (tertiary/aromatic N) is 2. The van der Waals surface area contributed by atoms with E-state index in [0.717, 1.165) is 18.2 Å². The van der Waals surface area contributed by atoms with Crippen molar-refractivity contribution in [3.63, 3.8) is 0 Å². The molecule has 0 saturated heterocycles. The third-order valence-electron chi connectivity index (χ3n) is 2.51. The largest absolute Gasteiger partial charge is 0.396 e. The predicted molar refractivity (Wildman–Crippen MR) is 76.3 cm³/mol. The van der Waals surface area contributed by atoms with Gasteiger partial charge in [0.2, 0.25) is 0 Å². The van der Waals surface area contributed by atoms with Crippen LogP contribution in [0, 0.1) is 5.92 Å². The number of hydrogen-bond donors (Lipinski definition) is 3. The number of rotatable bonds is 9. The fourth-order valence-corrected chi connectivity index (χ4v) is 1.46. The van der Waals surface area contributed by atoms with Gasteiger partial charge in [0.1, 0.15) is 18.2 Å². The number of anilines is 2. The minimum absolute atomic E-state index is 0.157. The lowest BCUT2D eigenvalue weighted by Crippen LogP contribution is -2.16. The van der Waals surface area contributed by atoms with Crippen molar-refractivity contribution < 1.29 is 9.84 Å². The molecule has 0 saturated carbocycles. The molecule has 1 aromatic heterocycles. The van der Waals surface area contributed by atoms with Crippen molar-refractivity contribution in [2.45, 2.75) is 27.4 Å². The zero-order valence-electron chi connectivity index (χ0n) is 11.9. The van der Waals surface area contributed by atoms with Crippen LogP contribution in [0.3, 0.4) is 0 Å². The normalized spacial score (nSPS) is 12.2. The van der Waals surface area contributed by atoms with Gasteiger partial charge >= 0.3 is 0 Å². The molecule has 0 aliphatic heterocycles. The number of hydrogen-bond acceptors (Lipinski definition) is 6. The van der Waals surface area contributed by atoms with Crippen LogP contribution in [0.1, 0.15) is 26.6 Å². The van der Waals surface area contributed by atoms with Gasteiger partial charge in [0.25, 0.3) is 0 Å². The van der Waals surface area contributed by atoms with Gasteiger partial charge in [0.15, 0.2) is 5.82 Å². The number of ether oxygens (including phenoxy) is 1. The van der Waals surface area contributed by atoms with Gasteiger partial charge in [-0.1, -0.05) is 6.92 Å². The van der Waals surface area contributed by atoms with Crippen molar-refractivity contribution in [1.29, 1.82) is 0 Å².